The summed E-state index contributed by atoms with van der Waals surface area (Å²) >= 11 is 0. The quantitative estimate of drug-likeness (QED) is 0.542. The highest BCUT2D eigenvalue weighted by atomic mass is 16.2. The molecule has 0 fully saturated rings. The van der Waals surface area contributed by atoms with Crippen LogP contribution >= 0.6 is 0 Å². The van der Waals surface area contributed by atoms with Crippen LogP contribution in [-0.2, 0) is 14.4 Å². The van der Waals surface area contributed by atoms with Crippen LogP contribution in [0.25, 0.3) is 0 Å². The third-order valence-electron chi connectivity index (χ3n) is 3.34. The van der Waals surface area contributed by atoms with Crippen molar-refractivity contribution in [2.45, 2.75) is 33.7 Å². The molecule has 0 heterocycles. The van der Waals surface area contributed by atoms with E-state index >= 15 is 0 Å². The highest BCUT2D eigenvalue weighted by Gasteiger charge is 2.15. The zero-order valence-electron chi connectivity index (χ0n) is 16.1. The van der Waals surface area contributed by atoms with Gasteiger partial charge in [-0.2, -0.15) is 0 Å². The van der Waals surface area contributed by atoms with Gasteiger partial charge in [0.2, 0.25) is 17.7 Å². The van der Waals surface area contributed by atoms with Crippen LogP contribution in [0.2, 0.25) is 0 Å². The maximum absolute atomic E-state index is 12.2. The van der Waals surface area contributed by atoms with Crippen molar-refractivity contribution in [2.24, 2.45) is 0 Å². The Morgan fingerprint density at radius 3 is 1.93 bits per heavy atom. The molecule has 148 valence electrons. The van der Waals surface area contributed by atoms with Crippen LogP contribution in [0, 0.1) is 0 Å². The lowest BCUT2D eigenvalue weighted by molar-refractivity contribution is -0.122. The van der Waals surface area contributed by atoms with Gasteiger partial charge in [0.05, 0.1) is 13.1 Å². The third kappa shape index (κ3) is 9.36. The summed E-state index contributed by atoms with van der Waals surface area (Å²) in [5, 5.41) is 10.1. The monoisotopic (exact) mass is 377 g/mol. The number of hydrogen-bond donors (Lipinski definition) is 4. The standard InChI is InChI=1S/C18H27N5O4/c1-5-23(11-17(26)22-18(27)19-12(2)3)10-16(25)21-15-8-6-14(7-9-15)20-13(4)24/h6-9,12H,5,10-11H2,1-4H3,(H,20,24)(H,21,25)(H2,19,22,26,27). The van der Waals surface area contributed by atoms with Crippen LogP contribution in [0.5, 0.6) is 0 Å². The minimum absolute atomic E-state index is 0.00314. The lowest BCUT2D eigenvalue weighted by atomic mass is 10.2. The maximum atomic E-state index is 12.2. The van der Waals surface area contributed by atoms with Gasteiger partial charge in [0.15, 0.2) is 0 Å². The van der Waals surface area contributed by atoms with E-state index in [-0.39, 0.29) is 30.9 Å². The van der Waals surface area contributed by atoms with E-state index in [0.29, 0.717) is 17.9 Å². The van der Waals surface area contributed by atoms with Crippen molar-refractivity contribution in [1.29, 1.82) is 0 Å². The number of likely N-dealkylation sites (N-methyl/N-ethyl adjacent to an activating group) is 1. The van der Waals surface area contributed by atoms with Crippen molar-refractivity contribution in [1.82, 2.24) is 15.5 Å². The summed E-state index contributed by atoms with van der Waals surface area (Å²) in [6.07, 6.45) is 0. The first-order valence-electron chi connectivity index (χ1n) is 8.69. The summed E-state index contributed by atoms with van der Waals surface area (Å²) in [6.45, 7) is 7.20. The molecule has 4 N–H and O–H groups in total. The Morgan fingerprint density at radius 2 is 1.44 bits per heavy atom. The van der Waals surface area contributed by atoms with Crippen molar-refractivity contribution in [3.8, 4) is 0 Å². The zero-order valence-corrected chi connectivity index (χ0v) is 16.1. The number of benzene rings is 1. The Kier molecular flexibility index (Phi) is 8.94. The normalized spacial score (nSPS) is 10.4. The molecule has 0 aliphatic rings. The topological polar surface area (TPSA) is 120 Å². The first kappa shape index (κ1) is 22.1. The molecule has 0 saturated heterocycles. The predicted molar refractivity (Wildman–Crippen MR) is 103 cm³/mol. The molecule has 1 aromatic rings. The second-order valence-electron chi connectivity index (χ2n) is 6.29. The fourth-order valence-electron chi connectivity index (χ4n) is 2.19. The SMILES string of the molecule is CCN(CC(=O)NC(=O)NC(C)C)CC(=O)Nc1ccc(NC(C)=O)cc1. The molecule has 0 bridgehead atoms. The molecule has 0 saturated carbocycles. The Labute approximate surface area is 158 Å². The minimum atomic E-state index is -0.560. The van der Waals surface area contributed by atoms with Crippen LogP contribution in [0.4, 0.5) is 16.2 Å². The fraction of sp³-hybridized carbons (Fsp3) is 0.444. The van der Waals surface area contributed by atoms with Gasteiger partial charge in [-0.3, -0.25) is 24.6 Å². The van der Waals surface area contributed by atoms with Crippen molar-refractivity contribution >= 4 is 35.1 Å². The van der Waals surface area contributed by atoms with Crippen LogP contribution in [-0.4, -0.2) is 54.3 Å². The summed E-state index contributed by atoms with van der Waals surface area (Å²) in [7, 11) is 0. The number of nitrogens with one attached hydrogen (secondary N) is 4. The van der Waals surface area contributed by atoms with E-state index in [1.165, 1.54) is 6.92 Å². The summed E-state index contributed by atoms with van der Waals surface area (Å²) in [4.78, 5) is 48.2. The summed E-state index contributed by atoms with van der Waals surface area (Å²) in [5.41, 5.74) is 1.21. The first-order valence-corrected chi connectivity index (χ1v) is 8.69. The molecule has 0 aromatic heterocycles. The minimum Gasteiger partial charge on any atom is -0.336 e. The number of nitrogens with zero attached hydrogens (tertiary/aromatic N) is 1. The van der Waals surface area contributed by atoms with E-state index in [9.17, 15) is 19.2 Å². The van der Waals surface area contributed by atoms with Gasteiger partial charge >= 0.3 is 6.03 Å². The van der Waals surface area contributed by atoms with E-state index in [4.69, 9.17) is 0 Å². The molecule has 0 aliphatic carbocycles. The van der Waals surface area contributed by atoms with E-state index in [1.54, 1.807) is 43.0 Å². The number of imide groups is 1. The summed E-state index contributed by atoms with van der Waals surface area (Å²) in [5.74, 6) is -0.947. The van der Waals surface area contributed by atoms with Gasteiger partial charge < -0.3 is 16.0 Å². The number of carbonyl (C=O) groups is 4. The third-order valence-corrected chi connectivity index (χ3v) is 3.34. The summed E-state index contributed by atoms with van der Waals surface area (Å²) < 4.78 is 0. The van der Waals surface area contributed by atoms with E-state index in [2.05, 4.69) is 21.3 Å². The number of anilines is 2. The van der Waals surface area contributed by atoms with Crippen molar-refractivity contribution < 1.29 is 19.2 Å². The smallest absolute Gasteiger partial charge is 0.321 e. The molecular formula is C18H27N5O4. The van der Waals surface area contributed by atoms with E-state index in [1.807, 2.05) is 6.92 Å². The average Bonchev–Trinajstić information content (AvgIpc) is 2.54. The molecule has 0 spiro atoms. The lowest BCUT2D eigenvalue weighted by Gasteiger charge is -2.19. The molecule has 1 rings (SSSR count). The molecule has 5 amide bonds. The fourth-order valence-corrected chi connectivity index (χ4v) is 2.19. The molecule has 1 aromatic carbocycles. The summed E-state index contributed by atoms with van der Waals surface area (Å²) in [6, 6.07) is 6.05. The van der Waals surface area contributed by atoms with Gasteiger partial charge in [0.1, 0.15) is 0 Å². The second kappa shape index (κ2) is 10.9. The van der Waals surface area contributed by atoms with Gasteiger partial charge in [0.25, 0.3) is 0 Å². The Morgan fingerprint density at radius 1 is 0.926 bits per heavy atom. The van der Waals surface area contributed by atoms with Crippen LogP contribution in [0.1, 0.15) is 27.7 Å². The Balaban J connectivity index is 2.49. The molecular weight excluding hydrogens is 350 g/mol. The maximum Gasteiger partial charge on any atom is 0.321 e. The lowest BCUT2D eigenvalue weighted by Crippen LogP contribution is -2.47. The number of urea groups is 1. The Hall–Kier alpha value is -2.94. The molecule has 0 radical (unpaired) electrons. The van der Waals surface area contributed by atoms with E-state index in [0.717, 1.165) is 0 Å². The van der Waals surface area contributed by atoms with Crippen LogP contribution in [0.3, 0.4) is 0 Å². The van der Waals surface area contributed by atoms with Crippen LogP contribution in [0.15, 0.2) is 24.3 Å². The first-order chi connectivity index (χ1) is 12.7. The molecule has 0 unspecified atom stereocenters. The van der Waals surface area contributed by atoms with Gasteiger partial charge in [-0.05, 0) is 44.7 Å². The highest BCUT2D eigenvalue weighted by Crippen LogP contribution is 2.13. The highest BCUT2D eigenvalue weighted by molar-refractivity contribution is 5.96. The number of amides is 5. The van der Waals surface area contributed by atoms with Crippen molar-refractivity contribution in [3.05, 3.63) is 24.3 Å². The van der Waals surface area contributed by atoms with Gasteiger partial charge in [-0.15, -0.1) is 0 Å². The largest absolute Gasteiger partial charge is 0.336 e. The molecule has 27 heavy (non-hydrogen) atoms. The van der Waals surface area contributed by atoms with Gasteiger partial charge in [-0.25, -0.2) is 4.79 Å². The molecule has 9 heteroatoms. The number of hydrogen-bond acceptors (Lipinski definition) is 5. The number of carbonyl (C=O) groups excluding carboxylic acids is 4. The predicted octanol–water partition coefficient (Wildman–Crippen LogP) is 1.14. The Bertz CT molecular complexity index is 673. The molecule has 9 nitrogen and oxygen atoms in total. The van der Waals surface area contributed by atoms with Crippen molar-refractivity contribution in [3.63, 3.8) is 0 Å². The molecule has 0 atom stereocenters. The zero-order chi connectivity index (χ0) is 20.4. The van der Waals surface area contributed by atoms with Crippen molar-refractivity contribution in [2.75, 3.05) is 30.3 Å². The van der Waals surface area contributed by atoms with Crippen LogP contribution < -0.4 is 21.3 Å². The molecule has 0 aliphatic heterocycles. The van der Waals surface area contributed by atoms with Gasteiger partial charge in [-0.1, -0.05) is 6.92 Å². The number of rotatable bonds is 8. The second-order valence-corrected chi connectivity index (χ2v) is 6.29. The average molecular weight is 377 g/mol. The van der Waals surface area contributed by atoms with Gasteiger partial charge in [0, 0.05) is 24.3 Å². The van der Waals surface area contributed by atoms with E-state index < -0.39 is 11.9 Å².